The molecule has 0 fully saturated rings. The molecule has 0 spiro atoms. The third kappa shape index (κ3) is 3.79. The first kappa shape index (κ1) is 14.1. The number of nitrogens with zero attached hydrogens (tertiary/aromatic N) is 2. The van der Waals surface area contributed by atoms with Gasteiger partial charge in [0.05, 0.1) is 0 Å². The topological polar surface area (TPSA) is 28.2 Å². The number of pyridine rings is 1. The zero-order valence-electron chi connectivity index (χ0n) is 11.7. The number of nitrogens with one attached hydrogen (secondary N) is 1. The molecule has 0 radical (unpaired) electrons. The zero-order chi connectivity index (χ0) is 12.9. The van der Waals surface area contributed by atoms with Gasteiger partial charge in [-0.2, -0.15) is 0 Å². The van der Waals surface area contributed by atoms with E-state index in [9.17, 15) is 0 Å². The summed E-state index contributed by atoms with van der Waals surface area (Å²) in [6, 6.07) is 4.62. The molecule has 17 heavy (non-hydrogen) atoms. The summed E-state index contributed by atoms with van der Waals surface area (Å²) in [5.41, 5.74) is 1.46. The van der Waals surface area contributed by atoms with E-state index in [1.165, 1.54) is 5.56 Å². The second kappa shape index (κ2) is 6.12. The van der Waals surface area contributed by atoms with Crippen LogP contribution in [-0.2, 0) is 6.42 Å². The van der Waals surface area contributed by atoms with Crippen molar-refractivity contribution in [1.82, 2.24) is 15.2 Å². The third-order valence-corrected chi connectivity index (χ3v) is 3.65. The van der Waals surface area contributed by atoms with Gasteiger partial charge in [-0.05, 0) is 58.6 Å². The van der Waals surface area contributed by atoms with E-state index < -0.39 is 0 Å². The highest BCUT2D eigenvalue weighted by Gasteiger charge is 2.30. The summed E-state index contributed by atoms with van der Waals surface area (Å²) in [6.45, 7) is 7.71. The third-order valence-electron chi connectivity index (χ3n) is 3.65. The van der Waals surface area contributed by atoms with Gasteiger partial charge in [-0.1, -0.05) is 6.92 Å². The normalized spacial score (nSPS) is 14.0. The summed E-state index contributed by atoms with van der Waals surface area (Å²) in [4.78, 5) is 6.34. The van der Waals surface area contributed by atoms with Crippen LogP contribution >= 0.6 is 0 Å². The SMILES string of the molecule is CCNC(Cc1ccncc1)C(C)(C)N(C)C. The van der Waals surface area contributed by atoms with Crippen molar-refractivity contribution in [3.05, 3.63) is 30.1 Å². The summed E-state index contributed by atoms with van der Waals surface area (Å²) < 4.78 is 0. The molecule has 1 atom stereocenters. The number of aromatic nitrogens is 1. The molecule has 0 saturated carbocycles. The molecular weight excluding hydrogens is 210 g/mol. The number of rotatable bonds is 6. The van der Waals surface area contributed by atoms with Gasteiger partial charge >= 0.3 is 0 Å². The highest BCUT2D eigenvalue weighted by atomic mass is 15.2. The molecule has 0 bridgehead atoms. The summed E-state index contributed by atoms with van der Waals surface area (Å²) >= 11 is 0. The van der Waals surface area contributed by atoms with Crippen molar-refractivity contribution in [2.75, 3.05) is 20.6 Å². The Labute approximate surface area is 105 Å². The quantitative estimate of drug-likeness (QED) is 0.817. The zero-order valence-corrected chi connectivity index (χ0v) is 11.7. The lowest BCUT2D eigenvalue weighted by Crippen LogP contribution is -2.56. The van der Waals surface area contributed by atoms with Gasteiger partial charge in [0.25, 0.3) is 0 Å². The van der Waals surface area contributed by atoms with Gasteiger partial charge in [-0.15, -0.1) is 0 Å². The number of hydrogen-bond donors (Lipinski definition) is 1. The van der Waals surface area contributed by atoms with Gasteiger partial charge in [-0.3, -0.25) is 4.98 Å². The monoisotopic (exact) mass is 235 g/mol. The molecule has 1 aromatic heterocycles. The Bertz CT molecular complexity index is 319. The fraction of sp³-hybridized carbons (Fsp3) is 0.643. The highest BCUT2D eigenvalue weighted by molar-refractivity contribution is 5.13. The number of likely N-dealkylation sites (N-methyl/N-ethyl adjacent to an activating group) is 2. The fourth-order valence-electron chi connectivity index (χ4n) is 1.88. The van der Waals surface area contributed by atoms with Crippen molar-refractivity contribution < 1.29 is 0 Å². The molecule has 1 unspecified atom stereocenters. The Morgan fingerprint density at radius 3 is 2.35 bits per heavy atom. The first-order valence-corrected chi connectivity index (χ1v) is 6.28. The molecule has 0 aliphatic carbocycles. The molecule has 0 amide bonds. The van der Waals surface area contributed by atoms with Gasteiger partial charge in [-0.25, -0.2) is 0 Å². The van der Waals surface area contributed by atoms with E-state index in [1.54, 1.807) is 0 Å². The lowest BCUT2D eigenvalue weighted by Gasteiger charge is -2.40. The summed E-state index contributed by atoms with van der Waals surface area (Å²) in [5.74, 6) is 0. The Balaban J connectivity index is 2.80. The van der Waals surface area contributed by atoms with Gasteiger partial charge in [0.1, 0.15) is 0 Å². The van der Waals surface area contributed by atoms with Crippen LogP contribution in [0, 0.1) is 0 Å². The minimum Gasteiger partial charge on any atom is -0.312 e. The van der Waals surface area contributed by atoms with Crippen LogP contribution in [0.1, 0.15) is 26.3 Å². The lowest BCUT2D eigenvalue weighted by atomic mass is 9.88. The van der Waals surface area contributed by atoms with Crippen LogP contribution in [0.5, 0.6) is 0 Å². The first-order valence-electron chi connectivity index (χ1n) is 6.28. The van der Waals surface area contributed by atoms with Gasteiger partial charge in [0.2, 0.25) is 0 Å². The highest BCUT2D eigenvalue weighted by Crippen LogP contribution is 2.19. The van der Waals surface area contributed by atoms with Crippen LogP contribution in [0.4, 0.5) is 0 Å². The van der Waals surface area contributed by atoms with Crippen molar-refractivity contribution in [1.29, 1.82) is 0 Å². The molecular formula is C14H25N3. The van der Waals surface area contributed by atoms with Crippen molar-refractivity contribution in [3.63, 3.8) is 0 Å². The molecule has 1 heterocycles. The van der Waals surface area contributed by atoms with Gasteiger partial charge in [0, 0.05) is 24.0 Å². The minimum absolute atomic E-state index is 0.124. The molecule has 0 aliphatic heterocycles. The maximum Gasteiger partial charge on any atom is 0.0303 e. The minimum atomic E-state index is 0.124. The van der Waals surface area contributed by atoms with Crippen LogP contribution in [0.2, 0.25) is 0 Å². The Morgan fingerprint density at radius 2 is 1.88 bits per heavy atom. The van der Waals surface area contributed by atoms with E-state index in [0.717, 1.165) is 13.0 Å². The van der Waals surface area contributed by atoms with Gasteiger partial charge < -0.3 is 10.2 Å². The smallest absolute Gasteiger partial charge is 0.0303 e. The first-order chi connectivity index (χ1) is 7.98. The van der Waals surface area contributed by atoms with Crippen molar-refractivity contribution in [3.8, 4) is 0 Å². The van der Waals surface area contributed by atoms with Crippen molar-refractivity contribution in [2.45, 2.75) is 38.8 Å². The van der Waals surface area contributed by atoms with Crippen molar-refractivity contribution in [2.24, 2.45) is 0 Å². The second-order valence-corrected chi connectivity index (χ2v) is 5.22. The molecule has 1 N–H and O–H groups in total. The van der Waals surface area contributed by atoms with E-state index in [1.807, 2.05) is 12.4 Å². The van der Waals surface area contributed by atoms with Gasteiger partial charge in [0.15, 0.2) is 0 Å². The molecule has 1 aromatic rings. The van der Waals surface area contributed by atoms with E-state index in [-0.39, 0.29) is 5.54 Å². The Morgan fingerprint density at radius 1 is 1.29 bits per heavy atom. The largest absolute Gasteiger partial charge is 0.312 e. The molecule has 3 nitrogen and oxygen atoms in total. The van der Waals surface area contributed by atoms with Crippen LogP contribution in [-0.4, -0.2) is 42.1 Å². The maximum atomic E-state index is 4.07. The predicted octanol–water partition coefficient (Wildman–Crippen LogP) is 1.94. The fourth-order valence-corrected chi connectivity index (χ4v) is 1.88. The van der Waals surface area contributed by atoms with Crippen LogP contribution in [0.25, 0.3) is 0 Å². The summed E-state index contributed by atoms with van der Waals surface area (Å²) in [6.07, 6.45) is 4.75. The molecule has 3 heteroatoms. The Hall–Kier alpha value is -0.930. The summed E-state index contributed by atoms with van der Waals surface area (Å²) in [7, 11) is 4.27. The van der Waals surface area contributed by atoms with E-state index in [0.29, 0.717) is 6.04 Å². The van der Waals surface area contributed by atoms with Crippen LogP contribution in [0.3, 0.4) is 0 Å². The van der Waals surface area contributed by atoms with E-state index in [2.05, 4.69) is 62.2 Å². The number of hydrogen-bond acceptors (Lipinski definition) is 3. The molecule has 96 valence electrons. The molecule has 0 aliphatic rings. The van der Waals surface area contributed by atoms with Crippen LogP contribution in [0.15, 0.2) is 24.5 Å². The lowest BCUT2D eigenvalue weighted by molar-refractivity contribution is 0.138. The van der Waals surface area contributed by atoms with E-state index >= 15 is 0 Å². The maximum absolute atomic E-state index is 4.07. The standard InChI is InChI=1S/C14H25N3/c1-6-16-13(14(2,3)17(4)5)11-12-7-9-15-10-8-12/h7-10,13,16H,6,11H2,1-5H3. The average molecular weight is 235 g/mol. The summed E-state index contributed by atoms with van der Waals surface area (Å²) in [5, 5.41) is 3.59. The predicted molar refractivity (Wildman–Crippen MR) is 73.2 cm³/mol. The Kier molecular flexibility index (Phi) is 5.09. The van der Waals surface area contributed by atoms with Crippen molar-refractivity contribution >= 4 is 0 Å². The van der Waals surface area contributed by atoms with Crippen LogP contribution < -0.4 is 5.32 Å². The molecule has 0 aromatic carbocycles. The molecule has 1 rings (SSSR count). The van der Waals surface area contributed by atoms with E-state index in [4.69, 9.17) is 0 Å². The average Bonchev–Trinajstić information content (AvgIpc) is 2.29. The molecule has 0 saturated heterocycles. The second-order valence-electron chi connectivity index (χ2n) is 5.22.